The maximum absolute atomic E-state index is 11.7. The third-order valence-corrected chi connectivity index (χ3v) is 10.0. The van der Waals surface area contributed by atoms with Crippen LogP contribution in [0, 0.1) is 36.8 Å². The Balaban J connectivity index is 0.000000467. The van der Waals surface area contributed by atoms with Gasteiger partial charge >= 0.3 is 154 Å². The number of ketones is 1. The van der Waals surface area contributed by atoms with Crippen LogP contribution in [0.3, 0.4) is 0 Å². The predicted molar refractivity (Wildman–Crippen MR) is 289 cm³/mol. The zero-order chi connectivity index (χ0) is 53.3. The first-order chi connectivity index (χ1) is 35.6. The van der Waals surface area contributed by atoms with Crippen molar-refractivity contribution in [1.29, 1.82) is 0 Å². The molecule has 5 heterocycles. The summed E-state index contributed by atoms with van der Waals surface area (Å²) < 4.78 is 25.8. The Bertz CT molecular complexity index is 2600. The number of carbonyl (C=O) groups excluding carboxylic acids is 1. The number of hydrogen-bond acceptors (Lipinski definition) is 11. The summed E-state index contributed by atoms with van der Waals surface area (Å²) in [5.41, 5.74) is 4.45. The third kappa shape index (κ3) is 32.5. The molecular weight excluding hydrogens is 1040 g/mol. The van der Waals surface area contributed by atoms with E-state index >= 15 is 0 Å². The van der Waals surface area contributed by atoms with Crippen LogP contribution in [0.15, 0.2) is 190 Å². The molecule has 0 unspecified atom stereocenters. The summed E-state index contributed by atoms with van der Waals surface area (Å²) in [6.45, 7) is 20.1. The van der Waals surface area contributed by atoms with Gasteiger partial charge in [0.1, 0.15) is 0 Å². The van der Waals surface area contributed by atoms with Crippen LogP contribution in [-0.2, 0) is 29.1 Å². The van der Waals surface area contributed by atoms with Gasteiger partial charge in [0, 0.05) is 42.7 Å². The fourth-order valence-electron chi connectivity index (χ4n) is 5.79. The van der Waals surface area contributed by atoms with E-state index in [-0.39, 0.29) is 176 Å². The molecule has 0 N–H and O–H groups in total. The minimum atomic E-state index is 0. The second-order valence-electron chi connectivity index (χ2n) is 19.3. The number of aryl methyl sites for hydroxylation is 1. The van der Waals surface area contributed by atoms with Gasteiger partial charge in [0.15, 0.2) is 5.78 Å². The van der Waals surface area contributed by atoms with Crippen LogP contribution >= 0.6 is 0 Å². The topological polar surface area (TPSA) is 139 Å². The molecule has 0 aliphatic heterocycles. The van der Waals surface area contributed by atoms with Crippen molar-refractivity contribution in [3.8, 4) is 11.5 Å². The Kier molecular flexibility index (Phi) is 38.0. The molecule has 0 bridgehead atoms. The van der Waals surface area contributed by atoms with E-state index in [1.54, 1.807) is 60.9 Å². The van der Waals surface area contributed by atoms with Crippen LogP contribution in [0.2, 0.25) is 0 Å². The molecule has 0 radical (unpaired) electrons. The molecule has 11 nitrogen and oxygen atoms in total. The number of ether oxygens (including phenoxy) is 2. The van der Waals surface area contributed by atoms with Gasteiger partial charge in [-0.15, -0.1) is 42.9 Å². The number of nitrogens with zero attached hydrogens (tertiary/aromatic N) is 5. The van der Waals surface area contributed by atoms with Crippen LogP contribution in [0.4, 0.5) is 0 Å². The van der Waals surface area contributed by atoms with E-state index in [1.807, 2.05) is 122 Å². The standard InChI is InChI=1S/C15H11O.C14H14NO.C13H12NO.3C7H10NO.3K/c16-15(14-9-5-2-6-10-14)12-11-13-7-3-1-4-8-13;1-2-6-14(7-3-1)16-12-4-5-13-8-10-15-11-9-13;1-2-4-13(5-3-1)15-11-8-12-6-9-14-10-7-12;3*1-7(2,3)6-4-5-8-9-6;;;/h1,3-12H;1-2,6-11H,4-5,12H2;2-7,9-10H,8,11H2;3*4H,1-3H3;;;/q6*-1;3*+1/b12-11+;;;;;;;;. The van der Waals surface area contributed by atoms with Crippen molar-refractivity contribution in [3.63, 3.8) is 0 Å². The molecule has 0 atom stereocenters. The van der Waals surface area contributed by atoms with E-state index in [9.17, 15) is 4.79 Å². The van der Waals surface area contributed by atoms with Crippen molar-refractivity contribution in [2.24, 2.45) is 0 Å². The Morgan fingerprint density at radius 2 is 0.948 bits per heavy atom. The number of carbonyl (C=O) groups is 1. The molecule has 386 valence electrons. The number of pyridine rings is 2. The van der Waals surface area contributed by atoms with Crippen molar-refractivity contribution in [2.45, 2.75) is 97.8 Å². The maximum atomic E-state index is 11.7. The average molecular weight is 1110 g/mol. The van der Waals surface area contributed by atoms with Crippen LogP contribution in [0.1, 0.15) is 113 Å². The molecule has 9 aromatic rings. The summed E-state index contributed by atoms with van der Waals surface area (Å²) in [5, 5.41) is 10.5. The van der Waals surface area contributed by atoms with Gasteiger partial charge in [0.05, 0.1) is 13.2 Å². The molecule has 0 spiro atoms. The molecular formula is C63H67K3N5O6-3. The third-order valence-electron chi connectivity index (χ3n) is 10.0. The zero-order valence-electron chi connectivity index (χ0n) is 47.0. The molecule has 77 heavy (non-hydrogen) atoms. The van der Waals surface area contributed by atoms with E-state index in [4.69, 9.17) is 23.0 Å². The minimum absolute atomic E-state index is 0. The van der Waals surface area contributed by atoms with Gasteiger partial charge in [-0.3, -0.25) is 14.8 Å². The SMILES string of the molecule is CC(C)(C)c1c[c-]no1.CC(C)(C)c1c[c-]no1.CC(C)(C)c1c[c-]no1.O=C(/C=C/c1ccccc1)c1cc[c-]cc1.[K+].[K+].[K+].[c-]1ccc(OCCc2ccncc2)cc1.[c-]1cccc(OCCCc2ccncc2)c1. The maximum Gasteiger partial charge on any atom is 1.00 e. The first kappa shape index (κ1) is 71.7. The largest absolute Gasteiger partial charge is 1.00 e. The van der Waals surface area contributed by atoms with Crippen molar-refractivity contribution in [3.05, 3.63) is 253 Å². The molecule has 4 aromatic carbocycles. The summed E-state index contributed by atoms with van der Waals surface area (Å²) in [4.78, 5) is 19.7. The first-order valence-electron chi connectivity index (χ1n) is 24.3. The summed E-state index contributed by atoms with van der Waals surface area (Å²) in [7, 11) is 0. The van der Waals surface area contributed by atoms with E-state index < -0.39 is 0 Å². The van der Waals surface area contributed by atoms with E-state index in [1.165, 1.54) is 11.1 Å². The summed E-state index contributed by atoms with van der Waals surface area (Å²) in [6, 6.07) is 54.1. The van der Waals surface area contributed by atoms with Crippen LogP contribution in [0.25, 0.3) is 6.08 Å². The van der Waals surface area contributed by atoms with Gasteiger partial charge < -0.3 is 23.0 Å². The molecule has 0 saturated carbocycles. The van der Waals surface area contributed by atoms with Crippen molar-refractivity contribution < 1.29 is 182 Å². The van der Waals surface area contributed by atoms with Crippen molar-refractivity contribution >= 4 is 11.9 Å². The van der Waals surface area contributed by atoms with Gasteiger partial charge in [-0.25, -0.2) is 15.5 Å². The number of benzene rings is 4. The number of rotatable bonds is 12. The first-order valence-corrected chi connectivity index (χ1v) is 24.3. The smallest absolute Gasteiger partial charge is 0.551 e. The van der Waals surface area contributed by atoms with Gasteiger partial charge in [-0.05, 0) is 93.4 Å². The van der Waals surface area contributed by atoms with Gasteiger partial charge in [-0.2, -0.15) is 84.9 Å². The van der Waals surface area contributed by atoms with E-state index in [0.717, 1.165) is 60.2 Å². The molecule has 5 aromatic heterocycles. The zero-order valence-corrected chi connectivity index (χ0v) is 56.4. The molecule has 14 heteroatoms. The number of aromatic nitrogens is 5. The van der Waals surface area contributed by atoms with Crippen LogP contribution in [0.5, 0.6) is 11.5 Å². The van der Waals surface area contributed by atoms with Gasteiger partial charge in [-0.1, -0.05) is 104 Å². The molecule has 0 fully saturated rings. The fraction of sp³-hybridized carbons (Fsp3) is 0.270. The monoisotopic (exact) mass is 1110 g/mol. The normalized spacial score (nSPS) is 10.4. The Hall–Kier alpha value is -3.27. The molecule has 9 rings (SSSR count). The molecule has 0 aliphatic carbocycles. The Morgan fingerprint density at radius 3 is 1.36 bits per heavy atom. The second-order valence-corrected chi connectivity index (χ2v) is 19.3. The quantitative estimate of drug-likeness (QED) is 0.0531. The van der Waals surface area contributed by atoms with Crippen molar-refractivity contribution in [2.75, 3.05) is 13.2 Å². The van der Waals surface area contributed by atoms with Crippen LogP contribution in [-0.4, -0.2) is 44.4 Å². The molecule has 0 aliphatic rings. The van der Waals surface area contributed by atoms with E-state index in [2.05, 4.69) is 125 Å². The van der Waals surface area contributed by atoms with Crippen molar-refractivity contribution in [1.82, 2.24) is 25.4 Å². The van der Waals surface area contributed by atoms with Gasteiger partial charge in [0.2, 0.25) is 0 Å². The molecule has 0 amide bonds. The predicted octanol–water partition coefficient (Wildman–Crippen LogP) is 5.11. The summed E-state index contributed by atoms with van der Waals surface area (Å²) >= 11 is 0. The van der Waals surface area contributed by atoms with E-state index in [0.29, 0.717) is 12.2 Å². The second kappa shape index (κ2) is 40.8. The number of allylic oxidation sites excluding steroid dienone is 1. The Morgan fingerprint density at radius 1 is 0.494 bits per heavy atom. The average Bonchev–Trinajstić information content (AvgIpc) is 4.26. The summed E-state index contributed by atoms with van der Waals surface area (Å²) in [6.07, 6.45) is 21.4. The number of hydrogen-bond donors (Lipinski definition) is 0. The Labute approximate surface area is 585 Å². The van der Waals surface area contributed by atoms with Crippen LogP contribution < -0.4 is 164 Å². The fourth-order valence-corrected chi connectivity index (χ4v) is 5.79. The molecule has 0 saturated heterocycles. The summed E-state index contributed by atoms with van der Waals surface area (Å²) in [5.74, 6) is 4.42. The minimum Gasteiger partial charge on any atom is -0.551 e. The van der Waals surface area contributed by atoms with Gasteiger partial charge in [0.25, 0.3) is 0 Å².